The molecule has 1 heterocycles. The Hall–Kier alpha value is -0.580. The molecule has 2 atom stereocenters. The van der Waals surface area contributed by atoms with E-state index in [9.17, 15) is 10.2 Å². The predicted molar refractivity (Wildman–Crippen MR) is 58.4 cm³/mol. The van der Waals surface area contributed by atoms with Crippen LogP contribution in [-0.4, -0.2) is 27.1 Å². The quantitative estimate of drug-likeness (QED) is 0.657. The van der Waals surface area contributed by atoms with Crippen molar-refractivity contribution in [3.63, 3.8) is 0 Å². The Balaban J connectivity index is 2.73. The molecule has 0 aromatic carbocycles. The third-order valence-electron chi connectivity index (χ3n) is 2.03. The zero-order chi connectivity index (χ0) is 10.6. The minimum absolute atomic E-state index is 0.470. The van der Waals surface area contributed by atoms with E-state index in [1.165, 1.54) is 0 Å². The Morgan fingerprint density at radius 3 is 2.71 bits per heavy atom. The van der Waals surface area contributed by atoms with E-state index in [-0.39, 0.29) is 0 Å². The molecule has 0 fully saturated rings. The average Bonchev–Trinajstić information content (AvgIpc) is 2.17. The third-order valence-corrected chi connectivity index (χ3v) is 2.29. The van der Waals surface area contributed by atoms with Gasteiger partial charge in [0.05, 0.1) is 6.10 Å². The fraction of sp³-hybridized carbons (Fsp3) is 0.500. The highest BCUT2D eigenvalue weighted by molar-refractivity contribution is 7.80. The van der Waals surface area contributed by atoms with Gasteiger partial charge in [0.25, 0.3) is 0 Å². The molecule has 0 spiro atoms. The monoisotopic (exact) mass is 213 g/mol. The number of rotatable bonds is 4. The molecule has 0 bridgehead atoms. The fourth-order valence-corrected chi connectivity index (χ4v) is 1.52. The van der Waals surface area contributed by atoms with Crippen molar-refractivity contribution in [2.75, 3.05) is 5.75 Å². The zero-order valence-electron chi connectivity index (χ0n) is 8.09. The first-order valence-electron chi connectivity index (χ1n) is 4.53. The van der Waals surface area contributed by atoms with Crippen molar-refractivity contribution >= 4 is 12.6 Å². The molecule has 1 aromatic heterocycles. The standard InChI is InChI=1S/C10H15NO2S/c1-7-4-8(6-11-5-7)10(13)9(12)2-3-14/h4-6,9-10,12-14H,2-3H2,1H3. The first kappa shape index (κ1) is 11.5. The van der Waals surface area contributed by atoms with Crippen LogP contribution in [0.5, 0.6) is 0 Å². The molecule has 2 N–H and O–H groups in total. The van der Waals surface area contributed by atoms with Gasteiger partial charge in [0, 0.05) is 18.0 Å². The van der Waals surface area contributed by atoms with Crippen LogP contribution >= 0.6 is 12.6 Å². The van der Waals surface area contributed by atoms with Crippen LogP contribution in [-0.2, 0) is 0 Å². The second-order valence-electron chi connectivity index (χ2n) is 3.32. The van der Waals surface area contributed by atoms with E-state index in [0.717, 1.165) is 5.56 Å². The van der Waals surface area contributed by atoms with E-state index in [0.29, 0.717) is 17.7 Å². The van der Waals surface area contributed by atoms with Crippen LogP contribution in [0.1, 0.15) is 23.7 Å². The summed E-state index contributed by atoms with van der Waals surface area (Å²) in [5.74, 6) is 0.553. The van der Waals surface area contributed by atoms with Crippen molar-refractivity contribution in [3.8, 4) is 0 Å². The maximum Gasteiger partial charge on any atom is 0.106 e. The van der Waals surface area contributed by atoms with Crippen molar-refractivity contribution in [2.45, 2.75) is 25.6 Å². The normalized spacial score (nSPS) is 15.1. The molecule has 1 aromatic rings. The lowest BCUT2D eigenvalue weighted by atomic mass is 10.0. The molecule has 1 rings (SSSR count). The highest BCUT2D eigenvalue weighted by Crippen LogP contribution is 2.18. The van der Waals surface area contributed by atoms with Gasteiger partial charge in [-0.15, -0.1) is 0 Å². The number of aromatic nitrogens is 1. The van der Waals surface area contributed by atoms with Crippen LogP contribution in [0.25, 0.3) is 0 Å². The van der Waals surface area contributed by atoms with Gasteiger partial charge in [0.2, 0.25) is 0 Å². The number of thiol groups is 1. The van der Waals surface area contributed by atoms with Crippen LogP contribution in [0.2, 0.25) is 0 Å². The first-order chi connectivity index (χ1) is 6.65. The molecule has 2 unspecified atom stereocenters. The summed E-state index contributed by atoms with van der Waals surface area (Å²) in [5, 5.41) is 19.3. The van der Waals surface area contributed by atoms with E-state index in [1.54, 1.807) is 12.4 Å². The second-order valence-corrected chi connectivity index (χ2v) is 3.77. The Morgan fingerprint density at radius 1 is 1.43 bits per heavy atom. The fourth-order valence-electron chi connectivity index (χ4n) is 1.25. The van der Waals surface area contributed by atoms with Crippen molar-refractivity contribution in [1.82, 2.24) is 4.98 Å². The van der Waals surface area contributed by atoms with Gasteiger partial charge in [0.15, 0.2) is 0 Å². The molecule has 0 saturated heterocycles. The Bertz CT molecular complexity index is 293. The van der Waals surface area contributed by atoms with Gasteiger partial charge >= 0.3 is 0 Å². The summed E-state index contributed by atoms with van der Waals surface area (Å²) in [6, 6.07) is 1.82. The average molecular weight is 213 g/mol. The highest BCUT2D eigenvalue weighted by atomic mass is 32.1. The molecule has 3 nitrogen and oxygen atoms in total. The molecular formula is C10H15NO2S. The molecule has 0 saturated carbocycles. The third kappa shape index (κ3) is 2.97. The van der Waals surface area contributed by atoms with Crippen molar-refractivity contribution in [2.24, 2.45) is 0 Å². The Labute approximate surface area is 89.2 Å². The topological polar surface area (TPSA) is 53.4 Å². The maximum atomic E-state index is 9.72. The smallest absolute Gasteiger partial charge is 0.106 e. The van der Waals surface area contributed by atoms with Crippen LogP contribution in [0.15, 0.2) is 18.5 Å². The van der Waals surface area contributed by atoms with Crippen LogP contribution in [0.4, 0.5) is 0 Å². The van der Waals surface area contributed by atoms with E-state index < -0.39 is 12.2 Å². The minimum Gasteiger partial charge on any atom is -0.390 e. The summed E-state index contributed by atoms with van der Waals surface area (Å²) in [5.41, 5.74) is 1.62. The van der Waals surface area contributed by atoms with Gasteiger partial charge < -0.3 is 10.2 Å². The van der Waals surface area contributed by atoms with Crippen LogP contribution in [0, 0.1) is 6.92 Å². The van der Waals surface area contributed by atoms with Gasteiger partial charge in [-0.25, -0.2) is 0 Å². The van der Waals surface area contributed by atoms with Crippen molar-refractivity contribution in [3.05, 3.63) is 29.6 Å². The van der Waals surface area contributed by atoms with E-state index >= 15 is 0 Å². The molecule has 0 radical (unpaired) electrons. The van der Waals surface area contributed by atoms with Crippen molar-refractivity contribution < 1.29 is 10.2 Å². The van der Waals surface area contributed by atoms with Gasteiger partial charge in [-0.2, -0.15) is 12.6 Å². The maximum absolute atomic E-state index is 9.72. The molecule has 0 amide bonds. The van der Waals surface area contributed by atoms with Gasteiger partial charge in [-0.1, -0.05) is 6.07 Å². The largest absolute Gasteiger partial charge is 0.390 e. The SMILES string of the molecule is Cc1cncc(C(O)C(O)CCS)c1. The molecule has 0 aliphatic rings. The van der Waals surface area contributed by atoms with Gasteiger partial charge in [-0.3, -0.25) is 4.98 Å². The summed E-state index contributed by atoms with van der Waals surface area (Å²) in [4.78, 5) is 3.96. The summed E-state index contributed by atoms with van der Waals surface area (Å²) in [7, 11) is 0. The minimum atomic E-state index is -0.866. The Kier molecular flexibility index (Phi) is 4.38. The van der Waals surface area contributed by atoms with Gasteiger partial charge in [0.1, 0.15) is 6.10 Å². The lowest BCUT2D eigenvalue weighted by Gasteiger charge is -2.17. The number of hydrogen-bond donors (Lipinski definition) is 3. The number of hydrogen-bond acceptors (Lipinski definition) is 4. The Morgan fingerprint density at radius 2 is 2.14 bits per heavy atom. The van der Waals surface area contributed by atoms with E-state index in [2.05, 4.69) is 17.6 Å². The van der Waals surface area contributed by atoms with E-state index in [4.69, 9.17) is 0 Å². The summed E-state index contributed by atoms with van der Waals surface area (Å²) >= 11 is 4.00. The lowest BCUT2D eigenvalue weighted by Crippen LogP contribution is -2.18. The molecule has 14 heavy (non-hydrogen) atoms. The number of aliphatic hydroxyl groups excluding tert-OH is 2. The lowest BCUT2D eigenvalue weighted by molar-refractivity contribution is 0.0170. The predicted octanol–water partition coefficient (Wildman–Crippen LogP) is 1.10. The zero-order valence-corrected chi connectivity index (χ0v) is 8.98. The van der Waals surface area contributed by atoms with Crippen molar-refractivity contribution in [1.29, 1.82) is 0 Å². The number of pyridine rings is 1. The number of aliphatic hydroxyl groups is 2. The van der Waals surface area contributed by atoms with Crippen LogP contribution in [0.3, 0.4) is 0 Å². The molecule has 0 aliphatic heterocycles. The first-order valence-corrected chi connectivity index (χ1v) is 5.17. The van der Waals surface area contributed by atoms with Crippen LogP contribution < -0.4 is 0 Å². The van der Waals surface area contributed by atoms with E-state index in [1.807, 2.05) is 13.0 Å². The van der Waals surface area contributed by atoms with Gasteiger partial charge in [-0.05, 0) is 24.7 Å². The number of aryl methyl sites for hydroxylation is 1. The highest BCUT2D eigenvalue weighted by Gasteiger charge is 2.17. The molecule has 78 valence electrons. The number of nitrogens with zero attached hydrogens (tertiary/aromatic N) is 1. The molecular weight excluding hydrogens is 198 g/mol. The molecule has 4 heteroatoms. The molecule has 0 aliphatic carbocycles. The summed E-state index contributed by atoms with van der Waals surface area (Å²) < 4.78 is 0. The summed E-state index contributed by atoms with van der Waals surface area (Å²) in [6.45, 7) is 1.90. The second kappa shape index (κ2) is 5.34. The summed E-state index contributed by atoms with van der Waals surface area (Å²) in [6.07, 6.45) is 2.12.